The van der Waals surface area contributed by atoms with Crippen molar-refractivity contribution in [3.8, 4) is 0 Å². The van der Waals surface area contributed by atoms with Crippen LogP contribution in [0.2, 0.25) is 0 Å². The molecule has 1 aliphatic rings. The van der Waals surface area contributed by atoms with E-state index in [9.17, 15) is 84.5 Å². The Balaban J connectivity index is 0.000000397. The number of aliphatic carboxylic acids is 2. The van der Waals surface area contributed by atoms with Crippen LogP contribution < -0.4 is 27.0 Å². The van der Waals surface area contributed by atoms with Crippen LogP contribution >= 0.6 is 47.8 Å². The average molecular weight is 1580 g/mol. The van der Waals surface area contributed by atoms with E-state index in [1.165, 1.54) is 88.4 Å². The summed E-state index contributed by atoms with van der Waals surface area (Å²) in [5, 5.41) is 47.4. The summed E-state index contributed by atoms with van der Waals surface area (Å²) in [6.45, 7) is 16.8. The van der Waals surface area contributed by atoms with Crippen molar-refractivity contribution in [2.45, 2.75) is 121 Å². The number of nitrogens with two attached hydrogens (primary N) is 1. The molecule has 4 amide bonds. The van der Waals surface area contributed by atoms with Gasteiger partial charge in [-0.2, -0.15) is 0 Å². The molecule has 0 radical (unpaired) electrons. The summed E-state index contributed by atoms with van der Waals surface area (Å²) < 4.78 is 94.0. The number of aryl methyl sites for hydroxylation is 2. The summed E-state index contributed by atoms with van der Waals surface area (Å²) in [6, 6.07) is 18.7. The number of ketones is 1. The van der Waals surface area contributed by atoms with E-state index in [0.717, 1.165) is 29.7 Å². The molecule has 30 heteroatoms. The van der Waals surface area contributed by atoms with Crippen molar-refractivity contribution in [3.05, 3.63) is 227 Å². The van der Waals surface area contributed by atoms with E-state index < -0.39 is 45.1 Å². The molecule has 8 N–H and O–H groups in total. The van der Waals surface area contributed by atoms with Crippen molar-refractivity contribution >= 4 is 135 Å². The zero-order valence-electron chi connectivity index (χ0n) is 55.3. The van der Waals surface area contributed by atoms with Crippen LogP contribution in [0, 0.1) is 109 Å². The van der Waals surface area contributed by atoms with Gasteiger partial charge in [-0.3, -0.25) is 53.8 Å². The second-order valence-electron chi connectivity index (χ2n) is 21.7. The van der Waals surface area contributed by atoms with Gasteiger partial charge in [-0.1, -0.05) is 59.9 Å². The number of nitrogen functional groups attached to an aromatic ring is 1. The summed E-state index contributed by atoms with van der Waals surface area (Å²) in [6.07, 6.45) is 5.69. The summed E-state index contributed by atoms with van der Waals surface area (Å²) in [5.74, 6) is -5.85. The van der Waals surface area contributed by atoms with Gasteiger partial charge in [0.2, 0.25) is 23.6 Å². The van der Waals surface area contributed by atoms with Crippen molar-refractivity contribution in [1.29, 1.82) is 0 Å². The van der Waals surface area contributed by atoms with Crippen LogP contribution in [0.15, 0.2) is 104 Å². The van der Waals surface area contributed by atoms with E-state index in [0.29, 0.717) is 118 Å². The van der Waals surface area contributed by atoms with Gasteiger partial charge in [-0.25, -0.2) is 30.7 Å². The minimum absolute atomic E-state index is 0.0156. The van der Waals surface area contributed by atoms with Crippen LogP contribution in [0.4, 0.5) is 70.5 Å². The van der Waals surface area contributed by atoms with Gasteiger partial charge in [0, 0.05) is 94.4 Å². The number of nitro groups is 2. The van der Waals surface area contributed by atoms with Gasteiger partial charge in [0.05, 0.1) is 34.1 Å². The summed E-state index contributed by atoms with van der Waals surface area (Å²) >= 11 is 9.39. The molecule has 20 nitrogen and oxygen atoms in total. The van der Waals surface area contributed by atoms with Crippen LogP contribution in [-0.2, 0) is 41.6 Å². The average Bonchev–Trinajstić information content (AvgIpc) is 0.781. The number of hydrogen-bond acceptors (Lipinski definition) is 12. The molecule has 8 rings (SSSR count). The predicted molar refractivity (Wildman–Crippen MR) is 375 cm³/mol. The van der Waals surface area contributed by atoms with Crippen LogP contribution in [0.1, 0.15) is 126 Å². The number of carboxylic acids is 2. The number of non-ortho nitro benzene ring substituents is 2. The molecule has 99 heavy (non-hydrogen) atoms. The summed E-state index contributed by atoms with van der Waals surface area (Å²) in [5.41, 5.74) is 12.7. The SMILES string of the molecule is CC(=O)Nc1cc(F)c(C)c(/C=C\CC(=O)O)c1.CC(=O)Nc1cc(F)c(C)c(Br)c1.CC(=O)Nc1cc(F)c(C)c(CCCC(=O)O)c1.CC(=O)Nc1cc(F)c(C)c2c1C(=O)CCC2.Cc1c(F)cc(N)cc1Br.Cc1c(F)cc([N+](=O)[O-])cc1Br.Cc1ccc([N+](=O)[O-])cc1F. The molecule has 7 aromatic rings. The highest BCUT2D eigenvalue weighted by atomic mass is 79.9. The van der Waals surface area contributed by atoms with Crippen LogP contribution in [0.3, 0.4) is 0 Å². The quantitative estimate of drug-likeness (QED) is 0.0244. The molecule has 7 aromatic carbocycles. The minimum Gasteiger partial charge on any atom is -0.481 e. The van der Waals surface area contributed by atoms with Crippen molar-refractivity contribution in [2.75, 3.05) is 27.0 Å². The minimum atomic E-state index is -0.956. The number of fused-ring (bicyclic) bond motifs is 1. The molecule has 0 atom stereocenters. The maximum absolute atomic E-state index is 13.7. The number of carboxylic acid groups (broad SMARTS) is 2. The molecule has 0 aliphatic heterocycles. The van der Waals surface area contributed by atoms with Gasteiger partial charge in [0.25, 0.3) is 11.4 Å². The number of benzene rings is 7. The van der Waals surface area contributed by atoms with Gasteiger partial charge in [0.15, 0.2) is 5.78 Å². The van der Waals surface area contributed by atoms with E-state index in [2.05, 4.69) is 69.1 Å². The van der Waals surface area contributed by atoms with Crippen molar-refractivity contribution in [3.63, 3.8) is 0 Å². The Kier molecular flexibility index (Phi) is 35.3. The first kappa shape index (κ1) is 85.4. The number of nitro benzene ring substituents is 2. The number of hydrogen-bond donors (Lipinski definition) is 7. The van der Waals surface area contributed by atoms with E-state index in [4.69, 9.17) is 15.9 Å². The Morgan fingerprint density at radius 1 is 0.525 bits per heavy atom. The van der Waals surface area contributed by atoms with E-state index in [-0.39, 0.29) is 71.1 Å². The molecule has 0 saturated carbocycles. The number of rotatable bonds is 13. The molecule has 530 valence electrons. The maximum atomic E-state index is 13.7. The van der Waals surface area contributed by atoms with E-state index in [1.54, 1.807) is 72.7 Å². The number of amides is 4. The fourth-order valence-electron chi connectivity index (χ4n) is 8.43. The topological polar surface area (TPSA) is 320 Å². The number of carbonyl (C=O) groups is 7. The van der Waals surface area contributed by atoms with Crippen LogP contribution in [0.25, 0.3) is 6.08 Å². The first-order valence-corrected chi connectivity index (χ1v) is 31.7. The molecule has 1 aliphatic carbocycles. The normalized spacial score (nSPS) is 10.8. The third kappa shape index (κ3) is 29.5. The fraction of sp³-hybridized carbons (Fsp3) is 0.261. The van der Waals surface area contributed by atoms with Crippen molar-refractivity contribution in [1.82, 2.24) is 0 Å². The number of nitrogens with zero attached hydrogens (tertiary/aromatic N) is 2. The molecule has 0 unspecified atom stereocenters. The zero-order chi connectivity index (χ0) is 75.5. The van der Waals surface area contributed by atoms with E-state index >= 15 is 0 Å². The highest BCUT2D eigenvalue weighted by molar-refractivity contribution is 9.11. The lowest BCUT2D eigenvalue weighted by atomic mass is 9.86. The largest absolute Gasteiger partial charge is 0.481 e. The lowest BCUT2D eigenvalue weighted by Crippen LogP contribution is -2.18. The highest BCUT2D eigenvalue weighted by Crippen LogP contribution is 2.33. The fourth-order valence-corrected chi connectivity index (χ4v) is 9.74. The van der Waals surface area contributed by atoms with Gasteiger partial charge < -0.3 is 37.2 Å². The molecular weight excluding hydrogens is 1510 g/mol. The Morgan fingerprint density at radius 3 is 1.43 bits per heavy atom. The monoisotopic (exact) mass is 1580 g/mol. The van der Waals surface area contributed by atoms with E-state index in [1.807, 2.05) is 0 Å². The van der Waals surface area contributed by atoms with Gasteiger partial charge >= 0.3 is 11.9 Å². The molecule has 0 fully saturated rings. The van der Waals surface area contributed by atoms with Crippen molar-refractivity contribution < 1.29 is 84.4 Å². The first-order chi connectivity index (χ1) is 46.0. The molecule has 0 aromatic heterocycles. The number of carbonyl (C=O) groups excluding carboxylic acids is 5. The Labute approximate surface area is 590 Å². The van der Waals surface area contributed by atoms with Crippen molar-refractivity contribution in [2.24, 2.45) is 0 Å². The zero-order valence-corrected chi connectivity index (χ0v) is 60.1. The first-order valence-electron chi connectivity index (χ1n) is 29.4. The van der Waals surface area contributed by atoms with Crippen LogP contribution in [-0.4, -0.2) is 61.4 Å². The highest BCUT2D eigenvalue weighted by Gasteiger charge is 2.25. The molecule has 0 saturated heterocycles. The van der Waals surface area contributed by atoms with Crippen LogP contribution in [0.5, 0.6) is 0 Å². The third-order valence-corrected chi connectivity index (χ3v) is 16.2. The Bertz CT molecular complexity index is 4150. The maximum Gasteiger partial charge on any atom is 0.307 e. The smallest absolute Gasteiger partial charge is 0.307 e. The molecule has 0 bridgehead atoms. The Morgan fingerprint density at radius 2 is 0.970 bits per heavy atom. The van der Waals surface area contributed by atoms with Gasteiger partial charge in [0.1, 0.15) is 40.7 Å². The number of halogens is 10. The van der Waals surface area contributed by atoms with Gasteiger partial charge in [-0.05, 0) is 190 Å². The summed E-state index contributed by atoms with van der Waals surface area (Å²) in [4.78, 5) is 95.3. The number of anilines is 5. The lowest BCUT2D eigenvalue weighted by Gasteiger charge is -2.21. The summed E-state index contributed by atoms with van der Waals surface area (Å²) in [7, 11) is 0. The molecule has 0 heterocycles. The lowest BCUT2D eigenvalue weighted by molar-refractivity contribution is -0.385. The predicted octanol–water partition coefficient (Wildman–Crippen LogP) is 17.9. The number of Topliss-reactive ketones (excluding diaryl/α,β-unsaturated/α-hetero) is 1. The third-order valence-electron chi connectivity index (χ3n) is 13.7. The van der Waals surface area contributed by atoms with Gasteiger partial charge in [-0.15, -0.1) is 0 Å². The second kappa shape index (κ2) is 40.9. The second-order valence-corrected chi connectivity index (χ2v) is 24.3. The molecule has 0 spiro atoms. The number of nitrogens with one attached hydrogen (secondary N) is 4. The molecular formula is C69H71Br3F7N7O13. The standard InChI is InChI=1S/C13H16FNO3.C13H14FNO3.C13H14FNO2.C9H9BrFNO.C7H5BrFNO2.C7H7BrFN.C7H6FNO2/c2*1-8-10(4-3-5-13(17)18)6-11(7-12(8)14)15-9(2)16;1-7-9-4-3-5-12(17)13(9)11(6-10(7)14)15-8(2)16;1-5-8(10)3-7(4-9(5)11)12-6(2)13;1-4-6(8)2-5(10(11)12)3-7(4)9;1-4-6(8)2-5(10)3-7(4)9;1-5-2-3-6(9(10)11)4-7(5)8/h6-7H,3-5H2,1-2H3,(H,15,16)(H,17,18);3-4,6-7H,5H2,1-2H3,(H,15,16)(H,17,18);6H,3-5H2,1-2H3,(H,15,16);3-4H,1-2H3,(H,12,13);2-3H,1H3;2-3H,10H2,1H3;2-4H,1H3/b;4-3-;;;;;. The Hall–Kier alpha value is -9.68.